The fraction of sp³-hybridized carbons (Fsp3) is 0.190. The number of aryl methyl sites for hydroxylation is 2. The van der Waals surface area contributed by atoms with E-state index in [0.717, 1.165) is 23.6 Å². The Morgan fingerprint density at radius 1 is 1.00 bits per heavy atom. The average molecular weight is 382 g/mol. The van der Waals surface area contributed by atoms with Crippen LogP contribution >= 0.6 is 0 Å². The molecule has 0 radical (unpaired) electrons. The molecule has 6 heteroatoms. The van der Waals surface area contributed by atoms with Crippen LogP contribution in [0.15, 0.2) is 71.8 Å². The van der Waals surface area contributed by atoms with Gasteiger partial charge in [0.25, 0.3) is 10.0 Å². The predicted octanol–water partition coefficient (Wildman–Crippen LogP) is 4.66. The molecule has 1 N–H and O–H groups in total. The van der Waals surface area contributed by atoms with Crippen molar-refractivity contribution in [1.82, 2.24) is 4.98 Å². The van der Waals surface area contributed by atoms with Gasteiger partial charge in [-0.2, -0.15) is 0 Å². The number of benzene rings is 2. The Morgan fingerprint density at radius 3 is 2.33 bits per heavy atom. The molecule has 0 fully saturated rings. The zero-order valence-corrected chi connectivity index (χ0v) is 16.5. The first kappa shape index (κ1) is 18.9. The molecule has 1 aromatic heterocycles. The van der Waals surface area contributed by atoms with Crippen molar-refractivity contribution in [1.29, 1.82) is 0 Å². The van der Waals surface area contributed by atoms with Gasteiger partial charge in [-0.25, -0.2) is 13.4 Å². The van der Waals surface area contributed by atoms with E-state index in [0.29, 0.717) is 11.3 Å². The van der Waals surface area contributed by atoms with Gasteiger partial charge >= 0.3 is 0 Å². The summed E-state index contributed by atoms with van der Waals surface area (Å²) in [6.45, 7) is 6.53. The number of aromatic nitrogens is 1. The molecule has 0 unspecified atom stereocenters. The van der Waals surface area contributed by atoms with Crippen LogP contribution in [0, 0.1) is 13.8 Å². The summed E-state index contributed by atoms with van der Waals surface area (Å²) in [5, 5.41) is 0. The molecule has 0 bridgehead atoms. The van der Waals surface area contributed by atoms with Gasteiger partial charge in [0.15, 0.2) is 0 Å². The molecule has 0 aliphatic carbocycles. The molecule has 0 saturated heterocycles. The highest BCUT2D eigenvalue weighted by Crippen LogP contribution is 2.25. The van der Waals surface area contributed by atoms with Crippen LogP contribution in [0.2, 0.25) is 0 Å². The lowest BCUT2D eigenvalue weighted by atomic mass is 10.2. The van der Waals surface area contributed by atoms with Gasteiger partial charge < -0.3 is 4.90 Å². The van der Waals surface area contributed by atoms with E-state index >= 15 is 0 Å². The van der Waals surface area contributed by atoms with Crippen molar-refractivity contribution in [2.75, 3.05) is 16.2 Å². The first-order valence-electron chi connectivity index (χ1n) is 8.79. The molecule has 27 heavy (non-hydrogen) atoms. The maximum atomic E-state index is 12.7. The van der Waals surface area contributed by atoms with Gasteiger partial charge in [0.05, 0.1) is 16.8 Å². The molecular formula is C21H23N3O2S. The number of rotatable bonds is 6. The number of pyridine rings is 1. The predicted molar refractivity (Wildman–Crippen MR) is 110 cm³/mol. The monoisotopic (exact) mass is 381 g/mol. The molecule has 0 spiro atoms. The van der Waals surface area contributed by atoms with Gasteiger partial charge in [-0.05, 0) is 56.7 Å². The van der Waals surface area contributed by atoms with Crippen molar-refractivity contribution in [3.63, 3.8) is 0 Å². The van der Waals surface area contributed by atoms with Crippen molar-refractivity contribution < 1.29 is 8.42 Å². The fourth-order valence-electron chi connectivity index (χ4n) is 3.00. The molecule has 140 valence electrons. The Labute approximate surface area is 160 Å². The summed E-state index contributed by atoms with van der Waals surface area (Å²) < 4.78 is 28.0. The molecule has 0 amide bonds. The minimum atomic E-state index is -3.66. The normalized spacial score (nSPS) is 11.2. The lowest BCUT2D eigenvalue weighted by Gasteiger charge is -2.22. The van der Waals surface area contributed by atoms with E-state index in [1.807, 2.05) is 56.3 Å². The van der Waals surface area contributed by atoms with E-state index in [4.69, 9.17) is 0 Å². The average Bonchev–Trinajstić information content (AvgIpc) is 2.64. The van der Waals surface area contributed by atoms with Gasteiger partial charge in [0.2, 0.25) is 0 Å². The summed E-state index contributed by atoms with van der Waals surface area (Å²) in [7, 11) is -3.66. The molecule has 1 heterocycles. The Balaban J connectivity index is 1.83. The molecule has 0 atom stereocenters. The van der Waals surface area contributed by atoms with Crippen LogP contribution in [0.5, 0.6) is 0 Å². The summed E-state index contributed by atoms with van der Waals surface area (Å²) in [5.74, 6) is 0.762. The first-order valence-corrected chi connectivity index (χ1v) is 10.3. The SMILES string of the molecule is CCN(c1ccccc1)c1ccc(NS(=O)(=O)c2ccc(C)cc2C)cn1. The number of anilines is 3. The summed E-state index contributed by atoms with van der Waals surface area (Å²) in [6.07, 6.45) is 1.54. The van der Waals surface area contributed by atoms with Crippen LogP contribution in [0.4, 0.5) is 17.2 Å². The second-order valence-corrected chi connectivity index (χ2v) is 8.01. The van der Waals surface area contributed by atoms with Crippen LogP contribution in [0.3, 0.4) is 0 Å². The smallest absolute Gasteiger partial charge is 0.262 e. The van der Waals surface area contributed by atoms with Crippen LogP contribution in [-0.2, 0) is 10.0 Å². The molecule has 3 rings (SSSR count). The van der Waals surface area contributed by atoms with Crippen molar-refractivity contribution in [3.8, 4) is 0 Å². The van der Waals surface area contributed by atoms with Gasteiger partial charge in [-0.3, -0.25) is 4.72 Å². The van der Waals surface area contributed by atoms with Crippen molar-refractivity contribution in [3.05, 3.63) is 78.0 Å². The second-order valence-electron chi connectivity index (χ2n) is 6.36. The number of nitrogens with one attached hydrogen (secondary N) is 1. The number of nitrogens with zero attached hydrogens (tertiary/aromatic N) is 2. The number of hydrogen-bond acceptors (Lipinski definition) is 4. The maximum absolute atomic E-state index is 12.7. The number of para-hydroxylation sites is 1. The van der Waals surface area contributed by atoms with E-state index in [1.54, 1.807) is 31.3 Å². The Hall–Kier alpha value is -2.86. The highest BCUT2D eigenvalue weighted by Gasteiger charge is 2.17. The molecule has 3 aromatic rings. The molecule has 0 saturated carbocycles. The molecule has 2 aromatic carbocycles. The molecule has 0 aliphatic heterocycles. The molecular weight excluding hydrogens is 358 g/mol. The highest BCUT2D eigenvalue weighted by atomic mass is 32.2. The standard InChI is InChI=1S/C21H23N3O2S/c1-4-24(19-8-6-5-7-9-19)21-13-11-18(15-22-21)23-27(25,26)20-12-10-16(2)14-17(20)3/h5-15,23H,4H2,1-3H3. The summed E-state index contributed by atoms with van der Waals surface area (Å²) >= 11 is 0. The third kappa shape index (κ3) is 4.28. The van der Waals surface area contributed by atoms with Gasteiger partial charge in [-0.1, -0.05) is 35.9 Å². The third-order valence-corrected chi connectivity index (χ3v) is 5.82. The topological polar surface area (TPSA) is 62.3 Å². The van der Waals surface area contributed by atoms with E-state index in [2.05, 4.69) is 14.6 Å². The van der Waals surface area contributed by atoms with E-state index < -0.39 is 10.0 Å². The van der Waals surface area contributed by atoms with Crippen LogP contribution in [-0.4, -0.2) is 19.9 Å². The lowest BCUT2D eigenvalue weighted by molar-refractivity contribution is 0.600. The van der Waals surface area contributed by atoms with Gasteiger partial charge in [0, 0.05) is 12.2 Å². The maximum Gasteiger partial charge on any atom is 0.262 e. The van der Waals surface area contributed by atoms with Crippen LogP contribution < -0.4 is 9.62 Å². The van der Waals surface area contributed by atoms with Crippen LogP contribution in [0.1, 0.15) is 18.1 Å². The summed E-state index contributed by atoms with van der Waals surface area (Å²) in [4.78, 5) is 6.77. The number of sulfonamides is 1. The quantitative estimate of drug-likeness (QED) is 0.675. The van der Waals surface area contributed by atoms with Crippen molar-refractivity contribution in [2.45, 2.75) is 25.7 Å². The second kappa shape index (κ2) is 7.80. The zero-order chi connectivity index (χ0) is 19.4. The molecule has 5 nitrogen and oxygen atoms in total. The number of hydrogen-bond donors (Lipinski definition) is 1. The third-order valence-electron chi connectivity index (χ3n) is 4.28. The molecule has 0 aliphatic rings. The Kier molecular flexibility index (Phi) is 5.46. The highest BCUT2D eigenvalue weighted by molar-refractivity contribution is 7.92. The minimum Gasteiger partial charge on any atom is -0.327 e. The first-order chi connectivity index (χ1) is 12.9. The Bertz CT molecular complexity index is 1020. The summed E-state index contributed by atoms with van der Waals surface area (Å²) in [5.41, 5.74) is 3.21. The van der Waals surface area contributed by atoms with Gasteiger partial charge in [0.1, 0.15) is 5.82 Å². The minimum absolute atomic E-state index is 0.275. The van der Waals surface area contributed by atoms with Crippen molar-refractivity contribution in [2.24, 2.45) is 0 Å². The van der Waals surface area contributed by atoms with Crippen LogP contribution in [0.25, 0.3) is 0 Å². The largest absolute Gasteiger partial charge is 0.327 e. The van der Waals surface area contributed by atoms with E-state index in [1.165, 1.54) is 0 Å². The fourth-order valence-corrected chi connectivity index (χ4v) is 4.27. The Morgan fingerprint density at radius 2 is 1.74 bits per heavy atom. The summed E-state index contributed by atoms with van der Waals surface area (Å²) in [6, 6.07) is 18.8. The van der Waals surface area contributed by atoms with E-state index in [-0.39, 0.29) is 4.90 Å². The van der Waals surface area contributed by atoms with Gasteiger partial charge in [-0.15, -0.1) is 0 Å². The lowest BCUT2D eigenvalue weighted by Crippen LogP contribution is -2.18. The van der Waals surface area contributed by atoms with E-state index in [9.17, 15) is 8.42 Å². The van der Waals surface area contributed by atoms with Crippen molar-refractivity contribution >= 4 is 27.2 Å². The zero-order valence-electron chi connectivity index (χ0n) is 15.7.